The van der Waals surface area contributed by atoms with Crippen LogP contribution in [0.15, 0.2) is 18.2 Å². The fourth-order valence-electron chi connectivity index (χ4n) is 2.75. The molecule has 1 aliphatic rings. The SMILES string of the molecule is O=C(NCCO)c1c2c(nc3ccc(Cl)cc13)CCC2. The first-order valence-corrected chi connectivity index (χ1v) is 7.08. The summed E-state index contributed by atoms with van der Waals surface area (Å²) in [6.45, 7) is 0.176. The molecule has 2 N–H and O–H groups in total. The summed E-state index contributed by atoms with van der Waals surface area (Å²) in [5.74, 6) is -0.160. The quantitative estimate of drug-likeness (QED) is 0.910. The van der Waals surface area contributed by atoms with Gasteiger partial charge >= 0.3 is 0 Å². The van der Waals surface area contributed by atoms with Gasteiger partial charge in [0.25, 0.3) is 5.91 Å². The lowest BCUT2D eigenvalue weighted by Crippen LogP contribution is -2.27. The zero-order chi connectivity index (χ0) is 14.1. The van der Waals surface area contributed by atoms with Gasteiger partial charge in [-0.3, -0.25) is 9.78 Å². The third-order valence-corrected chi connectivity index (χ3v) is 3.83. The second-order valence-electron chi connectivity index (χ2n) is 4.91. The Morgan fingerprint density at radius 2 is 2.25 bits per heavy atom. The Kier molecular flexibility index (Phi) is 3.59. The van der Waals surface area contributed by atoms with Gasteiger partial charge in [-0.25, -0.2) is 0 Å². The van der Waals surface area contributed by atoms with E-state index in [2.05, 4.69) is 10.3 Å². The molecule has 0 fully saturated rings. The van der Waals surface area contributed by atoms with E-state index in [4.69, 9.17) is 16.7 Å². The normalized spacial score (nSPS) is 13.5. The smallest absolute Gasteiger partial charge is 0.252 e. The number of halogens is 1. The number of aliphatic hydroxyl groups is 1. The van der Waals surface area contributed by atoms with Gasteiger partial charge in [-0.15, -0.1) is 0 Å². The zero-order valence-electron chi connectivity index (χ0n) is 10.9. The van der Waals surface area contributed by atoms with Gasteiger partial charge in [-0.2, -0.15) is 0 Å². The van der Waals surface area contributed by atoms with Crippen molar-refractivity contribution in [3.05, 3.63) is 40.0 Å². The van der Waals surface area contributed by atoms with Crippen LogP contribution in [0.3, 0.4) is 0 Å². The van der Waals surface area contributed by atoms with Crippen molar-refractivity contribution in [2.45, 2.75) is 19.3 Å². The molecule has 20 heavy (non-hydrogen) atoms. The first kappa shape index (κ1) is 13.3. The highest BCUT2D eigenvalue weighted by atomic mass is 35.5. The molecule has 0 bridgehead atoms. The number of hydrogen-bond acceptors (Lipinski definition) is 3. The number of carbonyl (C=O) groups excluding carboxylic acids is 1. The van der Waals surface area contributed by atoms with Gasteiger partial charge in [0.15, 0.2) is 0 Å². The maximum atomic E-state index is 12.4. The van der Waals surface area contributed by atoms with Gasteiger partial charge in [0, 0.05) is 22.6 Å². The topological polar surface area (TPSA) is 62.2 Å². The fourth-order valence-corrected chi connectivity index (χ4v) is 2.92. The molecule has 0 unspecified atom stereocenters. The van der Waals surface area contributed by atoms with Gasteiger partial charge in [-0.05, 0) is 43.0 Å². The number of aromatic nitrogens is 1. The average molecular weight is 291 g/mol. The lowest BCUT2D eigenvalue weighted by atomic mass is 10.0. The number of nitrogens with one attached hydrogen (secondary N) is 1. The van der Waals surface area contributed by atoms with Crippen molar-refractivity contribution < 1.29 is 9.90 Å². The molecule has 0 spiro atoms. The summed E-state index contributed by atoms with van der Waals surface area (Å²) in [6.07, 6.45) is 2.80. The van der Waals surface area contributed by atoms with Gasteiger partial charge in [0.1, 0.15) is 0 Å². The zero-order valence-corrected chi connectivity index (χ0v) is 11.7. The maximum Gasteiger partial charge on any atom is 0.252 e. The molecule has 0 radical (unpaired) electrons. The second-order valence-corrected chi connectivity index (χ2v) is 5.34. The number of aliphatic hydroxyl groups excluding tert-OH is 1. The van der Waals surface area contributed by atoms with Crippen LogP contribution in [0.2, 0.25) is 5.02 Å². The molecule has 5 heteroatoms. The van der Waals surface area contributed by atoms with Crippen LogP contribution in [0.5, 0.6) is 0 Å². The molecule has 0 atom stereocenters. The largest absolute Gasteiger partial charge is 0.395 e. The molecule has 1 heterocycles. The van der Waals surface area contributed by atoms with E-state index in [1.807, 2.05) is 6.07 Å². The molecule has 4 nitrogen and oxygen atoms in total. The van der Waals surface area contributed by atoms with Crippen molar-refractivity contribution in [3.63, 3.8) is 0 Å². The molecule has 1 aromatic heterocycles. The van der Waals surface area contributed by atoms with Crippen LogP contribution >= 0.6 is 11.6 Å². The van der Waals surface area contributed by atoms with E-state index >= 15 is 0 Å². The van der Waals surface area contributed by atoms with E-state index in [1.165, 1.54) is 0 Å². The van der Waals surface area contributed by atoms with Gasteiger partial charge in [0.05, 0.1) is 17.7 Å². The lowest BCUT2D eigenvalue weighted by Gasteiger charge is -2.12. The summed E-state index contributed by atoms with van der Waals surface area (Å²) in [5, 5.41) is 13.0. The van der Waals surface area contributed by atoms with E-state index in [0.29, 0.717) is 10.6 Å². The first-order valence-electron chi connectivity index (χ1n) is 6.71. The highest BCUT2D eigenvalue weighted by Gasteiger charge is 2.23. The van der Waals surface area contributed by atoms with E-state index in [-0.39, 0.29) is 19.1 Å². The molecule has 1 amide bonds. The number of aryl methyl sites for hydroxylation is 1. The molecule has 0 saturated heterocycles. The van der Waals surface area contributed by atoms with Gasteiger partial charge in [-0.1, -0.05) is 11.6 Å². The highest BCUT2D eigenvalue weighted by molar-refractivity contribution is 6.31. The van der Waals surface area contributed by atoms with Crippen LogP contribution in [0.25, 0.3) is 10.9 Å². The van der Waals surface area contributed by atoms with E-state index in [1.54, 1.807) is 12.1 Å². The predicted octanol–water partition coefficient (Wildman–Crippen LogP) is 2.10. The Labute approximate surface area is 121 Å². The fraction of sp³-hybridized carbons (Fsp3) is 0.333. The third kappa shape index (κ3) is 2.25. The van der Waals surface area contributed by atoms with Crippen LogP contribution in [0.1, 0.15) is 28.0 Å². The molecule has 1 aliphatic carbocycles. The Hall–Kier alpha value is -1.65. The number of rotatable bonds is 3. The molecule has 3 rings (SSSR count). The van der Waals surface area contributed by atoms with Crippen LogP contribution < -0.4 is 5.32 Å². The molecule has 0 aliphatic heterocycles. The van der Waals surface area contributed by atoms with Crippen molar-refractivity contribution in [1.29, 1.82) is 0 Å². The summed E-state index contributed by atoms with van der Waals surface area (Å²) in [6, 6.07) is 5.42. The molecule has 1 aromatic carbocycles. The summed E-state index contributed by atoms with van der Waals surface area (Å²) in [7, 11) is 0. The summed E-state index contributed by atoms with van der Waals surface area (Å²) in [5.41, 5.74) is 3.49. The van der Waals surface area contributed by atoms with Crippen LogP contribution in [0, 0.1) is 0 Å². The summed E-state index contributed by atoms with van der Waals surface area (Å²) < 4.78 is 0. The van der Waals surface area contributed by atoms with Crippen molar-refractivity contribution in [2.24, 2.45) is 0 Å². The Bertz CT molecular complexity index is 685. The standard InChI is InChI=1S/C15H15ClN2O2/c16-9-4-5-13-11(8-9)14(15(20)17-6-7-19)10-2-1-3-12(10)18-13/h4-5,8,19H,1-3,6-7H2,(H,17,20). The van der Waals surface area contributed by atoms with Crippen molar-refractivity contribution in [3.8, 4) is 0 Å². The number of fused-ring (bicyclic) bond motifs is 2. The minimum atomic E-state index is -0.160. The monoisotopic (exact) mass is 290 g/mol. The second kappa shape index (κ2) is 5.38. The Morgan fingerprint density at radius 3 is 3.05 bits per heavy atom. The third-order valence-electron chi connectivity index (χ3n) is 3.60. The van der Waals surface area contributed by atoms with Crippen molar-refractivity contribution in [1.82, 2.24) is 10.3 Å². The van der Waals surface area contributed by atoms with Crippen molar-refractivity contribution in [2.75, 3.05) is 13.2 Å². The number of benzene rings is 1. The number of hydrogen-bond donors (Lipinski definition) is 2. The van der Waals surface area contributed by atoms with E-state index in [9.17, 15) is 4.79 Å². The number of pyridine rings is 1. The minimum Gasteiger partial charge on any atom is -0.395 e. The Morgan fingerprint density at radius 1 is 1.40 bits per heavy atom. The molecule has 0 saturated carbocycles. The van der Waals surface area contributed by atoms with Crippen molar-refractivity contribution >= 4 is 28.4 Å². The Balaban J connectivity index is 2.20. The van der Waals surface area contributed by atoms with E-state index in [0.717, 1.165) is 41.4 Å². The van der Waals surface area contributed by atoms with Crippen LogP contribution in [0.4, 0.5) is 0 Å². The molecular formula is C15H15ClN2O2. The summed E-state index contributed by atoms with van der Waals surface area (Å²) in [4.78, 5) is 17.0. The van der Waals surface area contributed by atoms with Crippen LogP contribution in [-0.2, 0) is 12.8 Å². The number of nitrogens with zero attached hydrogens (tertiary/aromatic N) is 1. The minimum absolute atomic E-state index is 0.0717. The van der Waals surface area contributed by atoms with Crippen LogP contribution in [-0.4, -0.2) is 29.1 Å². The maximum absolute atomic E-state index is 12.4. The molecule has 104 valence electrons. The highest BCUT2D eigenvalue weighted by Crippen LogP contribution is 2.31. The van der Waals surface area contributed by atoms with E-state index < -0.39 is 0 Å². The number of carbonyl (C=O) groups is 1. The lowest BCUT2D eigenvalue weighted by molar-refractivity contribution is 0.0945. The van der Waals surface area contributed by atoms with Gasteiger partial charge < -0.3 is 10.4 Å². The molecular weight excluding hydrogens is 276 g/mol. The molecule has 2 aromatic rings. The number of amides is 1. The first-order chi connectivity index (χ1) is 9.70. The predicted molar refractivity (Wildman–Crippen MR) is 78.2 cm³/mol. The van der Waals surface area contributed by atoms with Gasteiger partial charge in [0.2, 0.25) is 0 Å². The average Bonchev–Trinajstić information content (AvgIpc) is 2.90. The summed E-state index contributed by atoms with van der Waals surface area (Å²) >= 11 is 6.05.